The number of anilines is 1. The molecule has 0 fully saturated rings. The first-order valence-electron chi connectivity index (χ1n) is 7.02. The minimum Gasteiger partial charge on any atom is -0.319 e. The summed E-state index contributed by atoms with van der Waals surface area (Å²) >= 11 is 11.8. The number of nitro benzene ring substituents is 1. The van der Waals surface area contributed by atoms with Crippen molar-refractivity contribution < 1.29 is 9.72 Å². The van der Waals surface area contributed by atoms with Gasteiger partial charge in [0.05, 0.1) is 11.5 Å². The number of amides is 1. The summed E-state index contributed by atoms with van der Waals surface area (Å²) in [4.78, 5) is 24.3. The maximum Gasteiger partial charge on any atom is 0.294 e. The van der Waals surface area contributed by atoms with Gasteiger partial charge in [-0.1, -0.05) is 41.4 Å². The lowest BCUT2D eigenvalue weighted by Gasteiger charge is -2.17. The molecule has 2 rings (SSSR count). The second-order valence-electron chi connectivity index (χ2n) is 5.23. The van der Waals surface area contributed by atoms with Crippen molar-refractivity contribution >= 4 is 40.5 Å². The van der Waals surface area contributed by atoms with Crippen LogP contribution >= 0.6 is 23.2 Å². The average Bonchev–Trinajstić information content (AvgIpc) is 2.51. The van der Waals surface area contributed by atoms with Crippen LogP contribution in [0.15, 0.2) is 42.5 Å². The number of benzene rings is 2. The summed E-state index contributed by atoms with van der Waals surface area (Å²) in [5.74, 6) is -0.366. The van der Waals surface area contributed by atoms with Gasteiger partial charge in [-0.15, -0.1) is 0 Å². The molecule has 8 heteroatoms. The first kappa shape index (κ1) is 18.2. The largest absolute Gasteiger partial charge is 0.319 e. The second-order valence-corrected chi connectivity index (χ2v) is 6.07. The zero-order chi connectivity index (χ0) is 17.7. The van der Waals surface area contributed by atoms with Gasteiger partial charge in [0.1, 0.15) is 5.69 Å². The monoisotopic (exact) mass is 367 g/mol. The van der Waals surface area contributed by atoms with Gasteiger partial charge >= 0.3 is 0 Å². The van der Waals surface area contributed by atoms with Crippen molar-refractivity contribution in [2.45, 2.75) is 6.54 Å². The highest BCUT2D eigenvalue weighted by molar-refractivity contribution is 6.31. The normalized spacial score (nSPS) is 10.7. The molecule has 0 saturated carbocycles. The van der Waals surface area contributed by atoms with Crippen LogP contribution in [0.2, 0.25) is 10.0 Å². The fraction of sp³-hybridized carbons (Fsp3) is 0.188. The van der Waals surface area contributed by atoms with Crippen molar-refractivity contribution in [3.05, 3.63) is 68.2 Å². The predicted molar refractivity (Wildman–Crippen MR) is 94.5 cm³/mol. The number of hydrogen-bond acceptors (Lipinski definition) is 4. The minimum atomic E-state index is -0.588. The van der Waals surface area contributed by atoms with E-state index in [1.807, 2.05) is 18.2 Å². The summed E-state index contributed by atoms with van der Waals surface area (Å²) in [5, 5.41) is 14.4. The Morgan fingerprint density at radius 2 is 1.96 bits per heavy atom. The third-order valence-corrected chi connectivity index (χ3v) is 3.85. The van der Waals surface area contributed by atoms with E-state index in [-0.39, 0.29) is 28.8 Å². The number of carbonyl (C=O) groups is 1. The molecule has 0 unspecified atom stereocenters. The van der Waals surface area contributed by atoms with Crippen LogP contribution in [0, 0.1) is 10.1 Å². The molecule has 0 saturated heterocycles. The topological polar surface area (TPSA) is 75.5 Å². The Morgan fingerprint density at radius 3 is 2.62 bits per heavy atom. The fourth-order valence-electron chi connectivity index (χ4n) is 2.17. The number of halogens is 2. The van der Waals surface area contributed by atoms with Gasteiger partial charge in [0.2, 0.25) is 5.91 Å². The number of nitrogens with zero attached hydrogens (tertiary/aromatic N) is 2. The molecule has 0 radical (unpaired) electrons. The molecule has 0 bridgehead atoms. The number of nitro groups is 1. The zero-order valence-electron chi connectivity index (χ0n) is 12.8. The van der Waals surface area contributed by atoms with Crippen molar-refractivity contribution in [1.29, 1.82) is 0 Å². The minimum absolute atomic E-state index is 0.0605. The summed E-state index contributed by atoms with van der Waals surface area (Å²) in [6, 6.07) is 11.4. The van der Waals surface area contributed by atoms with Crippen LogP contribution in [0.1, 0.15) is 5.56 Å². The molecule has 0 heterocycles. The van der Waals surface area contributed by atoms with E-state index in [0.29, 0.717) is 11.6 Å². The Kier molecular flexibility index (Phi) is 6.14. The summed E-state index contributed by atoms with van der Waals surface area (Å²) in [6.07, 6.45) is 0. The van der Waals surface area contributed by atoms with Gasteiger partial charge in [0, 0.05) is 22.7 Å². The van der Waals surface area contributed by atoms with E-state index in [9.17, 15) is 14.9 Å². The molecule has 0 aliphatic heterocycles. The molecule has 0 spiro atoms. The number of rotatable bonds is 6. The molecule has 0 aliphatic rings. The van der Waals surface area contributed by atoms with Crippen molar-refractivity contribution in [3.8, 4) is 0 Å². The van der Waals surface area contributed by atoms with E-state index in [1.165, 1.54) is 18.2 Å². The van der Waals surface area contributed by atoms with Crippen LogP contribution in [0.4, 0.5) is 11.4 Å². The van der Waals surface area contributed by atoms with Crippen LogP contribution < -0.4 is 5.32 Å². The third kappa shape index (κ3) is 4.92. The van der Waals surface area contributed by atoms with E-state index < -0.39 is 4.92 Å². The summed E-state index contributed by atoms with van der Waals surface area (Å²) in [6.45, 7) is 0.542. The molecule has 6 nitrogen and oxygen atoms in total. The van der Waals surface area contributed by atoms with Crippen molar-refractivity contribution in [3.63, 3.8) is 0 Å². The van der Waals surface area contributed by atoms with Crippen LogP contribution in [-0.2, 0) is 11.3 Å². The quantitative estimate of drug-likeness (QED) is 0.618. The molecule has 126 valence electrons. The van der Waals surface area contributed by atoms with E-state index in [2.05, 4.69) is 5.32 Å². The lowest BCUT2D eigenvalue weighted by molar-refractivity contribution is -0.383. The molecule has 1 amide bonds. The van der Waals surface area contributed by atoms with Crippen molar-refractivity contribution in [1.82, 2.24) is 4.90 Å². The fourth-order valence-corrected chi connectivity index (χ4v) is 2.53. The summed E-state index contributed by atoms with van der Waals surface area (Å²) in [7, 11) is 1.76. The second kappa shape index (κ2) is 8.10. The summed E-state index contributed by atoms with van der Waals surface area (Å²) < 4.78 is 0. The maximum atomic E-state index is 12.1. The predicted octanol–water partition coefficient (Wildman–Crippen LogP) is 3.97. The van der Waals surface area contributed by atoms with Crippen LogP contribution in [-0.4, -0.2) is 29.3 Å². The smallest absolute Gasteiger partial charge is 0.294 e. The molecule has 0 atom stereocenters. The number of nitrogens with one attached hydrogen (secondary N) is 1. The van der Waals surface area contributed by atoms with Crippen LogP contribution in [0.3, 0.4) is 0 Å². The van der Waals surface area contributed by atoms with Gasteiger partial charge in [0.25, 0.3) is 5.69 Å². The van der Waals surface area contributed by atoms with Crippen LogP contribution in [0.5, 0.6) is 0 Å². The molecule has 1 N–H and O–H groups in total. The van der Waals surface area contributed by atoms with Crippen molar-refractivity contribution in [2.75, 3.05) is 18.9 Å². The van der Waals surface area contributed by atoms with Gasteiger partial charge in [-0.25, -0.2) is 0 Å². The van der Waals surface area contributed by atoms with Gasteiger partial charge < -0.3 is 5.32 Å². The van der Waals surface area contributed by atoms with Gasteiger partial charge in [-0.05, 0) is 30.8 Å². The SMILES string of the molecule is CN(CC(=O)Nc1ccc(Cl)cc1[N+](=O)[O-])Cc1ccccc1Cl. The van der Waals surface area contributed by atoms with E-state index >= 15 is 0 Å². The van der Waals surface area contributed by atoms with Gasteiger partial charge in [0.15, 0.2) is 0 Å². The number of likely N-dealkylation sites (N-methyl/N-ethyl adjacent to an activating group) is 1. The number of carbonyl (C=O) groups excluding carboxylic acids is 1. The molecule has 24 heavy (non-hydrogen) atoms. The standard InChI is InChI=1S/C16H15Cl2N3O3/c1-20(9-11-4-2-3-5-13(11)18)10-16(22)19-14-7-6-12(17)8-15(14)21(23)24/h2-8H,9-10H2,1H3,(H,19,22). The average molecular weight is 368 g/mol. The highest BCUT2D eigenvalue weighted by Gasteiger charge is 2.17. The third-order valence-electron chi connectivity index (χ3n) is 3.24. The molecular weight excluding hydrogens is 353 g/mol. The molecule has 0 aliphatic carbocycles. The Bertz CT molecular complexity index is 768. The lowest BCUT2D eigenvalue weighted by atomic mass is 10.2. The van der Waals surface area contributed by atoms with Crippen LogP contribution in [0.25, 0.3) is 0 Å². The van der Waals surface area contributed by atoms with E-state index in [4.69, 9.17) is 23.2 Å². The molecule has 2 aromatic rings. The lowest BCUT2D eigenvalue weighted by Crippen LogP contribution is -2.30. The molecule has 0 aromatic heterocycles. The highest BCUT2D eigenvalue weighted by Crippen LogP contribution is 2.27. The Morgan fingerprint density at radius 1 is 1.25 bits per heavy atom. The number of hydrogen-bond donors (Lipinski definition) is 1. The van der Waals surface area contributed by atoms with Crippen molar-refractivity contribution in [2.24, 2.45) is 0 Å². The molecular formula is C16H15Cl2N3O3. The van der Waals surface area contributed by atoms with E-state index in [1.54, 1.807) is 18.0 Å². The zero-order valence-corrected chi connectivity index (χ0v) is 14.3. The first-order chi connectivity index (χ1) is 11.4. The Balaban J connectivity index is 2.01. The molecule has 2 aromatic carbocycles. The van der Waals surface area contributed by atoms with Gasteiger partial charge in [-0.3, -0.25) is 19.8 Å². The Labute approximate surface area is 149 Å². The maximum absolute atomic E-state index is 12.1. The summed E-state index contributed by atoms with van der Waals surface area (Å²) in [5.41, 5.74) is 0.761. The highest BCUT2D eigenvalue weighted by atomic mass is 35.5. The van der Waals surface area contributed by atoms with E-state index in [0.717, 1.165) is 5.56 Å². The first-order valence-corrected chi connectivity index (χ1v) is 7.78. The van der Waals surface area contributed by atoms with Gasteiger partial charge in [-0.2, -0.15) is 0 Å². The Hall–Kier alpha value is -2.15.